The number of ether oxygens (including phenoxy) is 2. The summed E-state index contributed by atoms with van der Waals surface area (Å²) in [5, 5.41) is 5.77. The fourth-order valence-electron chi connectivity index (χ4n) is 2.53. The summed E-state index contributed by atoms with van der Waals surface area (Å²) in [5.41, 5.74) is 1.96. The topological polar surface area (TPSA) is 59.6 Å². The average Bonchev–Trinajstić information content (AvgIpc) is 2.75. The first-order valence-electron chi connectivity index (χ1n) is 9.28. The van der Waals surface area contributed by atoms with Crippen LogP contribution in [-0.2, 0) is 11.2 Å². The SMILES string of the molecule is CCc1ccc(OCC(=O)NC(=S)Nc2ccc(Oc3ccccc3)cc2)cc1. The molecular weight excluding hydrogens is 384 g/mol. The second-order valence-electron chi connectivity index (χ2n) is 6.23. The first-order chi connectivity index (χ1) is 14.1. The predicted octanol–water partition coefficient (Wildman–Crippen LogP) is 4.93. The molecule has 0 radical (unpaired) electrons. The highest BCUT2D eigenvalue weighted by Gasteiger charge is 2.07. The van der Waals surface area contributed by atoms with E-state index in [9.17, 15) is 4.79 Å². The van der Waals surface area contributed by atoms with E-state index >= 15 is 0 Å². The minimum Gasteiger partial charge on any atom is -0.484 e. The molecule has 5 nitrogen and oxygen atoms in total. The third-order valence-corrected chi connectivity index (χ3v) is 4.25. The fraction of sp³-hybridized carbons (Fsp3) is 0.130. The average molecular weight is 407 g/mol. The first-order valence-corrected chi connectivity index (χ1v) is 9.69. The summed E-state index contributed by atoms with van der Waals surface area (Å²) in [4.78, 5) is 12.0. The number of para-hydroxylation sites is 1. The second-order valence-corrected chi connectivity index (χ2v) is 6.64. The Balaban J connectivity index is 1.43. The number of aryl methyl sites for hydroxylation is 1. The Labute approximate surface area is 175 Å². The van der Waals surface area contributed by atoms with Gasteiger partial charge in [-0.25, -0.2) is 0 Å². The molecule has 0 aliphatic heterocycles. The summed E-state index contributed by atoms with van der Waals surface area (Å²) >= 11 is 5.18. The van der Waals surface area contributed by atoms with E-state index in [1.54, 1.807) is 0 Å². The molecule has 0 spiro atoms. The van der Waals surface area contributed by atoms with Crippen molar-refractivity contribution >= 4 is 28.9 Å². The number of rotatable bonds is 7. The number of carbonyl (C=O) groups is 1. The van der Waals surface area contributed by atoms with Crippen LogP contribution in [-0.4, -0.2) is 17.6 Å². The summed E-state index contributed by atoms with van der Waals surface area (Å²) in [6.45, 7) is 1.97. The second kappa shape index (κ2) is 10.2. The number of hydrogen-bond donors (Lipinski definition) is 2. The molecule has 0 bridgehead atoms. The highest BCUT2D eigenvalue weighted by molar-refractivity contribution is 7.80. The molecule has 0 fully saturated rings. The standard InChI is InChI=1S/C23H22N2O3S/c1-2-17-8-12-19(13-9-17)27-16-22(26)25-23(29)24-18-10-14-21(15-11-18)28-20-6-4-3-5-7-20/h3-15H,2,16H2,1H3,(H2,24,25,26,29). The van der Waals surface area contributed by atoms with Crippen LogP contribution in [0.3, 0.4) is 0 Å². The molecule has 0 saturated carbocycles. The van der Waals surface area contributed by atoms with E-state index in [0.29, 0.717) is 11.5 Å². The number of thiocarbonyl (C=S) groups is 1. The molecule has 148 valence electrons. The van der Waals surface area contributed by atoms with Gasteiger partial charge in [-0.3, -0.25) is 10.1 Å². The minimum absolute atomic E-state index is 0.114. The molecule has 0 atom stereocenters. The van der Waals surface area contributed by atoms with Crippen LogP contribution in [0.1, 0.15) is 12.5 Å². The van der Waals surface area contributed by atoms with Crippen LogP contribution in [0, 0.1) is 0 Å². The molecule has 2 N–H and O–H groups in total. The molecule has 0 aliphatic carbocycles. The van der Waals surface area contributed by atoms with Crippen molar-refractivity contribution in [1.82, 2.24) is 5.32 Å². The molecule has 3 aromatic rings. The number of hydrogen-bond acceptors (Lipinski definition) is 4. The normalized spacial score (nSPS) is 10.1. The molecular formula is C23H22N2O3S. The highest BCUT2D eigenvalue weighted by Crippen LogP contribution is 2.22. The van der Waals surface area contributed by atoms with Crippen molar-refractivity contribution < 1.29 is 14.3 Å². The van der Waals surface area contributed by atoms with Gasteiger partial charge in [0.15, 0.2) is 11.7 Å². The molecule has 1 amide bonds. The van der Waals surface area contributed by atoms with Crippen LogP contribution in [0.4, 0.5) is 5.69 Å². The lowest BCUT2D eigenvalue weighted by Gasteiger charge is -2.11. The Morgan fingerprint density at radius 1 is 0.862 bits per heavy atom. The van der Waals surface area contributed by atoms with Crippen LogP contribution in [0.25, 0.3) is 0 Å². The van der Waals surface area contributed by atoms with E-state index in [0.717, 1.165) is 17.9 Å². The van der Waals surface area contributed by atoms with E-state index in [4.69, 9.17) is 21.7 Å². The van der Waals surface area contributed by atoms with Gasteiger partial charge in [0.05, 0.1) is 0 Å². The molecule has 0 aromatic heterocycles. The van der Waals surface area contributed by atoms with E-state index in [1.807, 2.05) is 78.9 Å². The Morgan fingerprint density at radius 2 is 1.48 bits per heavy atom. The van der Waals surface area contributed by atoms with Gasteiger partial charge in [0, 0.05) is 5.69 Å². The van der Waals surface area contributed by atoms with Gasteiger partial charge >= 0.3 is 0 Å². The van der Waals surface area contributed by atoms with E-state index in [-0.39, 0.29) is 17.6 Å². The maximum absolute atomic E-state index is 12.0. The quantitative estimate of drug-likeness (QED) is 0.545. The monoisotopic (exact) mass is 406 g/mol. The van der Waals surface area contributed by atoms with Gasteiger partial charge in [0.2, 0.25) is 0 Å². The van der Waals surface area contributed by atoms with Gasteiger partial charge in [-0.2, -0.15) is 0 Å². The van der Waals surface area contributed by atoms with Crippen molar-refractivity contribution in [2.75, 3.05) is 11.9 Å². The van der Waals surface area contributed by atoms with Crippen LogP contribution >= 0.6 is 12.2 Å². The Morgan fingerprint density at radius 3 is 2.14 bits per heavy atom. The lowest BCUT2D eigenvalue weighted by molar-refractivity contribution is -0.121. The third kappa shape index (κ3) is 6.62. The van der Waals surface area contributed by atoms with Gasteiger partial charge in [-0.05, 0) is 72.7 Å². The molecule has 0 unspecified atom stereocenters. The Bertz CT molecular complexity index is 942. The first kappa shape index (κ1) is 20.4. The molecule has 3 aromatic carbocycles. The largest absolute Gasteiger partial charge is 0.484 e. The lowest BCUT2D eigenvalue weighted by Crippen LogP contribution is -2.37. The molecule has 0 aliphatic rings. The van der Waals surface area contributed by atoms with Crippen LogP contribution in [0.15, 0.2) is 78.9 Å². The number of anilines is 1. The zero-order valence-corrected chi connectivity index (χ0v) is 16.9. The zero-order chi connectivity index (χ0) is 20.5. The Kier molecular flexibility index (Phi) is 7.19. The number of benzene rings is 3. The van der Waals surface area contributed by atoms with Gasteiger partial charge in [0.25, 0.3) is 5.91 Å². The van der Waals surface area contributed by atoms with Crippen molar-refractivity contribution in [3.8, 4) is 17.2 Å². The summed E-state index contributed by atoms with van der Waals surface area (Å²) in [6, 6.07) is 24.5. The summed E-state index contributed by atoms with van der Waals surface area (Å²) < 4.78 is 11.2. The van der Waals surface area contributed by atoms with Gasteiger partial charge < -0.3 is 14.8 Å². The third-order valence-electron chi connectivity index (χ3n) is 4.05. The molecule has 0 heterocycles. The fourth-order valence-corrected chi connectivity index (χ4v) is 2.76. The number of carbonyl (C=O) groups excluding carboxylic acids is 1. The molecule has 3 rings (SSSR count). The highest BCUT2D eigenvalue weighted by atomic mass is 32.1. The van der Waals surface area contributed by atoms with Crippen LogP contribution < -0.4 is 20.1 Å². The maximum Gasteiger partial charge on any atom is 0.264 e. The molecule has 29 heavy (non-hydrogen) atoms. The smallest absolute Gasteiger partial charge is 0.264 e. The van der Waals surface area contributed by atoms with Crippen LogP contribution in [0.2, 0.25) is 0 Å². The van der Waals surface area contributed by atoms with Crippen LogP contribution in [0.5, 0.6) is 17.2 Å². The number of amides is 1. The van der Waals surface area contributed by atoms with Crippen molar-refractivity contribution in [3.05, 3.63) is 84.4 Å². The van der Waals surface area contributed by atoms with Crippen molar-refractivity contribution in [2.45, 2.75) is 13.3 Å². The summed E-state index contributed by atoms with van der Waals surface area (Å²) in [7, 11) is 0. The van der Waals surface area contributed by atoms with Crippen molar-refractivity contribution in [2.24, 2.45) is 0 Å². The minimum atomic E-state index is -0.328. The van der Waals surface area contributed by atoms with E-state index in [2.05, 4.69) is 17.6 Å². The van der Waals surface area contributed by atoms with Gasteiger partial charge in [-0.1, -0.05) is 37.3 Å². The van der Waals surface area contributed by atoms with Crippen molar-refractivity contribution in [1.29, 1.82) is 0 Å². The maximum atomic E-state index is 12.0. The Hall–Kier alpha value is -3.38. The predicted molar refractivity (Wildman–Crippen MR) is 119 cm³/mol. The lowest BCUT2D eigenvalue weighted by atomic mass is 10.2. The van der Waals surface area contributed by atoms with Gasteiger partial charge in [-0.15, -0.1) is 0 Å². The van der Waals surface area contributed by atoms with E-state index in [1.165, 1.54) is 5.56 Å². The summed E-state index contributed by atoms with van der Waals surface area (Å²) in [6.07, 6.45) is 0.958. The van der Waals surface area contributed by atoms with Gasteiger partial charge in [0.1, 0.15) is 17.2 Å². The van der Waals surface area contributed by atoms with E-state index < -0.39 is 0 Å². The summed E-state index contributed by atoms with van der Waals surface area (Å²) in [5.74, 6) is 1.79. The molecule has 6 heteroatoms. The van der Waals surface area contributed by atoms with Crippen molar-refractivity contribution in [3.63, 3.8) is 0 Å². The molecule has 0 saturated heterocycles. The zero-order valence-electron chi connectivity index (χ0n) is 16.1. The number of nitrogens with one attached hydrogen (secondary N) is 2.